The molecule has 1 aliphatic carbocycles. The average molecular weight is 695 g/mol. The molecule has 2 aliphatic rings. The second kappa shape index (κ2) is 10.3. The van der Waals surface area contributed by atoms with E-state index in [0.717, 1.165) is 51.8 Å². The quantitative estimate of drug-likeness (QED) is 0.182. The number of pyridine rings is 1. The third-order valence-electron chi connectivity index (χ3n) is 7.55. The Labute approximate surface area is 243 Å². The van der Waals surface area contributed by atoms with E-state index in [2.05, 4.69) is 73.9 Å². The number of rotatable bonds is 4. The van der Waals surface area contributed by atoms with Gasteiger partial charge in [0.05, 0.1) is 11.6 Å². The number of nitrogens with zero attached hydrogens (tertiary/aromatic N) is 3. The number of aryl methyl sites for hydroxylation is 3. The van der Waals surface area contributed by atoms with Crippen LogP contribution in [0.3, 0.4) is 0 Å². The fourth-order valence-electron chi connectivity index (χ4n) is 5.83. The Kier molecular flexibility index (Phi) is 6.80. The summed E-state index contributed by atoms with van der Waals surface area (Å²) in [6.07, 6.45) is 6.65. The number of benzene rings is 3. The normalized spacial score (nSPS) is 18.4. The van der Waals surface area contributed by atoms with Crippen molar-refractivity contribution in [3.63, 3.8) is 0 Å². The zero-order valence-corrected chi connectivity index (χ0v) is 24.5. The molecule has 1 saturated carbocycles. The van der Waals surface area contributed by atoms with Crippen molar-refractivity contribution in [1.29, 1.82) is 0 Å². The van der Waals surface area contributed by atoms with Crippen molar-refractivity contribution in [3.8, 4) is 17.2 Å². The van der Waals surface area contributed by atoms with E-state index in [0.29, 0.717) is 17.4 Å². The van der Waals surface area contributed by atoms with Crippen LogP contribution in [-0.4, -0.2) is 27.6 Å². The van der Waals surface area contributed by atoms with Gasteiger partial charge in [-0.1, -0.05) is 55.3 Å². The van der Waals surface area contributed by atoms with Crippen LogP contribution in [-0.2, 0) is 25.8 Å². The van der Waals surface area contributed by atoms with Crippen LogP contribution in [0.4, 0.5) is 0 Å². The predicted octanol–water partition coefficient (Wildman–Crippen LogP) is 7.58. The SMILES string of the molecule is Cc1cc(Oc2[c-]c(-n3c4ccc(C)cc4c4cccnc43)cc(C)c2)[c-]c(C2=N[C@H]3CCCC[C@@H]3O2)c1.[Pt+2]. The van der Waals surface area contributed by atoms with Gasteiger partial charge >= 0.3 is 21.1 Å². The van der Waals surface area contributed by atoms with Crippen LogP contribution >= 0.6 is 0 Å². The summed E-state index contributed by atoms with van der Waals surface area (Å²) >= 11 is 0. The summed E-state index contributed by atoms with van der Waals surface area (Å²) in [7, 11) is 0. The Hall–Kier alpha value is -3.43. The monoisotopic (exact) mass is 694 g/mol. The predicted molar refractivity (Wildman–Crippen MR) is 151 cm³/mol. The van der Waals surface area contributed by atoms with Gasteiger partial charge in [-0.05, 0) is 50.5 Å². The molecule has 6 heteroatoms. The molecule has 1 aliphatic heterocycles. The number of aromatic nitrogens is 2. The van der Waals surface area contributed by atoms with E-state index in [-0.39, 0.29) is 33.2 Å². The third-order valence-corrected chi connectivity index (χ3v) is 7.55. The van der Waals surface area contributed by atoms with Crippen LogP contribution < -0.4 is 4.74 Å². The fourth-order valence-corrected chi connectivity index (χ4v) is 5.83. The molecule has 0 saturated heterocycles. The van der Waals surface area contributed by atoms with E-state index in [1.54, 1.807) is 0 Å². The summed E-state index contributed by atoms with van der Waals surface area (Å²) in [5.74, 6) is 1.95. The minimum atomic E-state index is 0. The van der Waals surface area contributed by atoms with Gasteiger partial charge in [0.1, 0.15) is 17.6 Å². The van der Waals surface area contributed by atoms with Gasteiger partial charge in [0, 0.05) is 28.5 Å². The Morgan fingerprint density at radius 1 is 0.872 bits per heavy atom. The standard InChI is InChI=1S/C33H29N3O2.Pt/c1-20-10-11-30-28(17-20)27-7-6-12-34-32(27)36(30)24-14-22(3)16-26(19-24)37-25-15-21(2)13-23(18-25)33-35-29-8-4-5-9-31(29)38-33;/h6-7,10-17,29,31H,4-5,8-9H2,1-3H3;/q-2;+2/t29-,31-;/m0./s1. The molecule has 0 N–H and O–H groups in total. The molecule has 5 aromatic rings. The van der Waals surface area contributed by atoms with Crippen LogP contribution in [0.25, 0.3) is 27.6 Å². The minimum absolute atomic E-state index is 0. The van der Waals surface area contributed by atoms with Crippen molar-refractivity contribution in [2.75, 3.05) is 0 Å². The summed E-state index contributed by atoms with van der Waals surface area (Å²) < 4.78 is 14.8. The Bertz CT molecular complexity index is 1740. The number of hydrogen-bond acceptors (Lipinski definition) is 4. The van der Waals surface area contributed by atoms with E-state index in [1.807, 2.05) is 24.4 Å². The van der Waals surface area contributed by atoms with Crippen LogP contribution in [0.2, 0.25) is 0 Å². The summed E-state index contributed by atoms with van der Waals surface area (Å²) in [5, 5.41) is 2.30. The van der Waals surface area contributed by atoms with E-state index < -0.39 is 0 Å². The molecule has 0 radical (unpaired) electrons. The number of fused-ring (bicyclic) bond motifs is 4. The maximum atomic E-state index is 6.39. The van der Waals surface area contributed by atoms with Crippen LogP contribution in [0.1, 0.15) is 47.9 Å². The summed E-state index contributed by atoms with van der Waals surface area (Å²) in [4.78, 5) is 9.62. The molecule has 0 bridgehead atoms. The molecule has 3 aromatic carbocycles. The molecule has 198 valence electrons. The summed E-state index contributed by atoms with van der Waals surface area (Å²) in [5.41, 5.74) is 7.12. The Morgan fingerprint density at radius 2 is 1.67 bits per heavy atom. The smallest absolute Gasteiger partial charge is 0.515 e. The van der Waals surface area contributed by atoms with Crippen molar-refractivity contribution in [1.82, 2.24) is 9.55 Å². The van der Waals surface area contributed by atoms with Crippen molar-refractivity contribution in [2.45, 2.75) is 58.6 Å². The van der Waals surface area contributed by atoms with E-state index in [4.69, 9.17) is 19.5 Å². The maximum Gasteiger partial charge on any atom is 2.00 e. The number of hydrogen-bond donors (Lipinski definition) is 0. The van der Waals surface area contributed by atoms with Crippen molar-refractivity contribution in [2.24, 2.45) is 4.99 Å². The van der Waals surface area contributed by atoms with Gasteiger partial charge in [-0.3, -0.25) is 4.99 Å². The second-order valence-corrected chi connectivity index (χ2v) is 10.6. The van der Waals surface area contributed by atoms with Gasteiger partial charge < -0.3 is 14.0 Å². The van der Waals surface area contributed by atoms with Crippen LogP contribution in [0.15, 0.2) is 65.8 Å². The fraction of sp³-hybridized carbons (Fsp3) is 0.273. The molecule has 0 amide bonds. The van der Waals surface area contributed by atoms with Crippen molar-refractivity contribution < 1.29 is 30.5 Å². The molecule has 2 atom stereocenters. The van der Waals surface area contributed by atoms with E-state index in [1.165, 1.54) is 23.8 Å². The summed E-state index contributed by atoms with van der Waals surface area (Å²) in [6.45, 7) is 6.25. The molecule has 0 spiro atoms. The van der Waals surface area contributed by atoms with Crippen molar-refractivity contribution in [3.05, 3.63) is 95.2 Å². The maximum absolute atomic E-state index is 6.39. The first-order valence-electron chi connectivity index (χ1n) is 13.4. The Balaban J connectivity index is 0.00000277. The van der Waals surface area contributed by atoms with Gasteiger partial charge in [-0.25, -0.2) is 4.98 Å². The van der Waals surface area contributed by atoms with Crippen LogP contribution in [0.5, 0.6) is 11.5 Å². The molecule has 5 nitrogen and oxygen atoms in total. The number of aliphatic imine (C=N–C) groups is 1. The molecule has 7 rings (SSSR count). The molecule has 39 heavy (non-hydrogen) atoms. The molecule has 1 fully saturated rings. The second-order valence-electron chi connectivity index (χ2n) is 10.6. The third kappa shape index (κ3) is 4.78. The molecule has 2 aromatic heterocycles. The first-order chi connectivity index (χ1) is 18.5. The Morgan fingerprint density at radius 3 is 2.51 bits per heavy atom. The van der Waals surface area contributed by atoms with Crippen LogP contribution in [0, 0.1) is 32.9 Å². The topological polar surface area (TPSA) is 48.6 Å². The first-order valence-corrected chi connectivity index (χ1v) is 13.4. The minimum Gasteiger partial charge on any atom is -0.515 e. The number of ether oxygens (including phenoxy) is 2. The summed E-state index contributed by atoms with van der Waals surface area (Å²) in [6, 6.07) is 26.0. The van der Waals surface area contributed by atoms with E-state index >= 15 is 0 Å². The molecular formula is C33H29N3O2Pt. The molecule has 0 unspecified atom stereocenters. The van der Waals surface area contributed by atoms with Gasteiger partial charge in [0.2, 0.25) is 0 Å². The van der Waals surface area contributed by atoms with Gasteiger partial charge in [-0.2, -0.15) is 5.56 Å². The zero-order chi connectivity index (χ0) is 25.8. The van der Waals surface area contributed by atoms with Gasteiger partial charge in [0.15, 0.2) is 0 Å². The average Bonchev–Trinajstić information content (AvgIpc) is 3.47. The van der Waals surface area contributed by atoms with Gasteiger partial charge in [-0.15, -0.1) is 29.8 Å². The molecular weight excluding hydrogens is 665 g/mol. The zero-order valence-electron chi connectivity index (χ0n) is 22.2. The van der Waals surface area contributed by atoms with Crippen molar-refractivity contribution >= 4 is 27.8 Å². The largest absolute Gasteiger partial charge is 2.00 e. The van der Waals surface area contributed by atoms with Gasteiger partial charge in [0.25, 0.3) is 0 Å². The van der Waals surface area contributed by atoms with E-state index in [9.17, 15) is 0 Å². The molecule has 3 heterocycles. The first kappa shape index (κ1) is 25.8.